The van der Waals surface area contributed by atoms with Crippen LogP contribution in [0.2, 0.25) is 0 Å². The second-order valence-corrected chi connectivity index (χ2v) is 6.86. The number of carbonyl (C=O) groups excluding carboxylic acids is 2. The summed E-state index contributed by atoms with van der Waals surface area (Å²) in [6.45, 7) is 2.01. The van der Waals surface area contributed by atoms with Gasteiger partial charge in [0.15, 0.2) is 0 Å². The van der Waals surface area contributed by atoms with Gasteiger partial charge in [-0.25, -0.2) is 4.39 Å². The third kappa shape index (κ3) is 3.27. The summed E-state index contributed by atoms with van der Waals surface area (Å²) < 4.78 is 13.9. The summed E-state index contributed by atoms with van der Waals surface area (Å²) in [4.78, 5) is 27.7. The Hall–Kier alpha value is -3.47. The number of amides is 2. The summed E-state index contributed by atoms with van der Waals surface area (Å²) >= 11 is 0. The predicted molar refractivity (Wildman–Crippen MR) is 105 cm³/mol. The van der Waals surface area contributed by atoms with Crippen LogP contribution in [0.15, 0.2) is 72.8 Å². The summed E-state index contributed by atoms with van der Waals surface area (Å²) in [6, 6.07) is 20.2. The molecular weight excluding hydrogens is 355 g/mol. The van der Waals surface area contributed by atoms with Gasteiger partial charge in [-0.2, -0.15) is 0 Å². The second kappa shape index (κ2) is 7.27. The maximum Gasteiger partial charge on any atom is 0.255 e. The largest absolute Gasteiger partial charge is 0.324 e. The molecule has 28 heavy (non-hydrogen) atoms. The monoisotopic (exact) mass is 374 g/mol. The molecular formula is C23H19FN2O2. The fourth-order valence-electron chi connectivity index (χ4n) is 3.47. The van der Waals surface area contributed by atoms with Crippen molar-refractivity contribution in [1.29, 1.82) is 0 Å². The van der Waals surface area contributed by atoms with E-state index in [1.54, 1.807) is 30.0 Å². The molecule has 140 valence electrons. The van der Waals surface area contributed by atoms with Crippen molar-refractivity contribution in [2.45, 2.75) is 19.5 Å². The van der Waals surface area contributed by atoms with Gasteiger partial charge in [-0.05, 0) is 41.8 Å². The predicted octanol–water partition coefficient (Wildman–Crippen LogP) is 4.47. The van der Waals surface area contributed by atoms with E-state index in [4.69, 9.17) is 0 Å². The van der Waals surface area contributed by atoms with Crippen LogP contribution in [-0.4, -0.2) is 16.7 Å². The Morgan fingerprint density at radius 3 is 2.46 bits per heavy atom. The Bertz CT molecular complexity index is 1050. The van der Waals surface area contributed by atoms with Crippen LogP contribution in [-0.2, 0) is 11.3 Å². The molecule has 0 aliphatic carbocycles. The molecule has 0 fully saturated rings. The van der Waals surface area contributed by atoms with E-state index in [1.165, 1.54) is 6.07 Å². The zero-order valence-electron chi connectivity index (χ0n) is 15.4. The average molecular weight is 374 g/mol. The molecule has 1 N–H and O–H groups in total. The van der Waals surface area contributed by atoms with E-state index in [9.17, 15) is 14.0 Å². The van der Waals surface area contributed by atoms with Crippen LogP contribution in [0.25, 0.3) is 0 Å². The molecule has 4 rings (SSSR count). The lowest BCUT2D eigenvalue weighted by Gasteiger charge is -2.27. The van der Waals surface area contributed by atoms with Gasteiger partial charge in [-0.1, -0.05) is 54.6 Å². The molecule has 1 aliphatic rings. The number of anilines is 1. The summed E-state index contributed by atoms with van der Waals surface area (Å²) in [5.41, 5.74) is 3.06. The van der Waals surface area contributed by atoms with Crippen LogP contribution in [0.3, 0.4) is 0 Å². The molecule has 0 unspecified atom stereocenters. The smallest absolute Gasteiger partial charge is 0.255 e. The fourth-order valence-corrected chi connectivity index (χ4v) is 3.47. The number of carbonyl (C=O) groups is 2. The maximum atomic E-state index is 13.9. The lowest BCUT2D eigenvalue weighted by molar-refractivity contribution is -0.120. The summed E-state index contributed by atoms with van der Waals surface area (Å²) in [7, 11) is 0. The average Bonchev–Trinajstić information content (AvgIpc) is 3.02. The summed E-state index contributed by atoms with van der Waals surface area (Å²) in [5.74, 6) is -0.955. The van der Waals surface area contributed by atoms with Crippen molar-refractivity contribution in [2.75, 3.05) is 5.32 Å². The van der Waals surface area contributed by atoms with Crippen molar-refractivity contribution in [2.24, 2.45) is 0 Å². The minimum absolute atomic E-state index is 0.185. The topological polar surface area (TPSA) is 49.4 Å². The zero-order chi connectivity index (χ0) is 19.7. The zero-order valence-corrected chi connectivity index (χ0v) is 15.4. The van der Waals surface area contributed by atoms with Crippen molar-refractivity contribution >= 4 is 17.5 Å². The van der Waals surface area contributed by atoms with E-state index >= 15 is 0 Å². The first-order valence-corrected chi connectivity index (χ1v) is 9.05. The standard InChI is InChI=1S/C23H19FN2O2/c1-15-11-12-18(13-20(15)24)25-22(27)21(16-7-3-2-4-8-16)26-14-17-9-5-6-10-19(17)23(26)28/h2-13,21H,14H2,1H3,(H,25,27)/t21-/m1/s1. The molecule has 0 aromatic heterocycles. The molecule has 0 saturated heterocycles. The molecule has 4 nitrogen and oxygen atoms in total. The molecule has 1 atom stereocenters. The number of hydrogen-bond donors (Lipinski definition) is 1. The van der Waals surface area contributed by atoms with Crippen LogP contribution in [0.4, 0.5) is 10.1 Å². The van der Waals surface area contributed by atoms with Crippen LogP contribution in [0, 0.1) is 12.7 Å². The SMILES string of the molecule is Cc1ccc(NC(=O)[C@@H](c2ccccc2)N2Cc3ccccc3C2=O)cc1F. The molecule has 1 heterocycles. The third-order valence-corrected chi connectivity index (χ3v) is 4.96. The first-order valence-electron chi connectivity index (χ1n) is 9.05. The van der Waals surface area contributed by atoms with Gasteiger partial charge in [0.25, 0.3) is 11.8 Å². The number of halogens is 1. The van der Waals surface area contributed by atoms with Gasteiger partial charge >= 0.3 is 0 Å². The van der Waals surface area contributed by atoms with Crippen molar-refractivity contribution in [3.8, 4) is 0 Å². The van der Waals surface area contributed by atoms with Gasteiger partial charge < -0.3 is 10.2 Å². The molecule has 0 radical (unpaired) electrons. The Morgan fingerprint density at radius 1 is 1.04 bits per heavy atom. The summed E-state index contributed by atoms with van der Waals surface area (Å²) in [5, 5.41) is 2.76. The molecule has 0 spiro atoms. The lowest BCUT2D eigenvalue weighted by Crippen LogP contribution is -2.37. The highest BCUT2D eigenvalue weighted by atomic mass is 19.1. The number of benzene rings is 3. The Labute approximate surface area is 162 Å². The Balaban J connectivity index is 1.68. The number of nitrogens with zero attached hydrogens (tertiary/aromatic N) is 1. The van der Waals surface area contributed by atoms with E-state index in [1.807, 2.05) is 48.5 Å². The normalized spacial score (nSPS) is 13.9. The molecule has 2 amide bonds. The number of aryl methyl sites for hydroxylation is 1. The Morgan fingerprint density at radius 2 is 1.75 bits per heavy atom. The van der Waals surface area contributed by atoms with Crippen molar-refractivity contribution in [3.05, 3.63) is 101 Å². The van der Waals surface area contributed by atoms with Crippen LogP contribution < -0.4 is 5.32 Å². The number of rotatable bonds is 4. The molecule has 0 saturated carbocycles. The van der Waals surface area contributed by atoms with Gasteiger partial charge in [0.1, 0.15) is 11.9 Å². The minimum Gasteiger partial charge on any atom is -0.324 e. The van der Waals surface area contributed by atoms with Crippen molar-refractivity contribution in [1.82, 2.24) is 4.90 Å². The molecule has 0 bridgehead atoms. The highest BCUT2D eigenvalue weighted by Gasteiger charge is 2.37. The number of hydrogen-bond acceptors (Lipinski definition) is 2. The molecule has 3 aromatic rings. The van der Waals surface area contributed by atoms with Crippen LogP contribution in [0.5, 0.6) is 0 Å². The van der Waals surface area contributed by atoms with Gasteiger partial charge in [0, 0.05) is 17.8 Å². The van der Waals surface area contributed by atoms with Gasteiger partial charge in [-0.15, -0.1) is 0 Å². The second-order valence-electron chi connectivity index (χ2n) is 6.86. The van der Waals surface area contributed by atoms with E-state index in [-0.39, 0.29) is 11.8 Å². The van der Waals surface area contributed by atoms with Crippen LogP contribution in [0.1, 0.15) is 33.1 Å². The maximum absolute atomic E-state index is 13.9. The van der Waals surface area contributed by atoms with Gasteiger partial charge in [-0.3, -0.25) is 9.59 Å². The number of nitrogens with one attached hydrogen (secondary N) is 1. The fraction of sp³-hybridized carbons (Fsp3) is 0.130. The highest BCUT2D eigenvalue weighted by molar-refractivity contribution is 6.03. The lowest BCUT2D eigenvalue weighted by atomic mass is 10.0. The van der Waals surface area contributed by atoms with Crippen molar-refractivity contribution in [3.63, 3.8) is 0 Å². The van der Waals surface area contributed by atoms with Crippen molar-refractivity contribution < 1.29 is 14.0 Å². The van der Waals surface area contributed by atoms with Gasteiger partial charge in [0.05, 0.1) is 0 Å². The van der Waals surface area contributed by atoms with E-state index < -0.39 is 11.9 Å². The van der Waals surface area contributed by atoms with Gasteiger partial charge in [0.2, 0.25) is 0 Å². The molecule has 1 aliphatic heterocycles. The third-order valence-electron chi connectivity index (χ3n) is 4.96. The van der Waals surface area contributed by atoms with Crippen LogP contribution >= 0.6 is 0 Å². The molecule has 5 heteroatoms. The van der Waals surface area contributed by atoms with E-state index in [0.29, 0.717) is 28.9 Å². The Kier molecular flexibility index (Phi) is 4.65. The first-order chi connectivity index (χ1) is 13.5. The quantitative estimate of drug-likeness (QED) is 0.732. The first kappa shape index (κ1) is 17.9. The minimum atomic E-state index is -0.814. The summed E-state index contributed by atoms with van der Waals surface area (Å²) in [6.07, 6.45) is 0. The number of fused-ring (bicyclic) bond motifs is 1. The van der Waals surface area contributed by atoms with E-state index in [2.05, 4.69) is 5.32 Å². The molecule has 3 aromatic carbocycles. The highest BCUT2D eigenvalue weighted by Crippen LogP contribution is 2.32. The van der Waals surface area contributed by atoms with E-state index in [0.717, 1.165) is 5.56 Å².